The second-order valence-corrected chi connectivity index (χ2v) is 18.8. The Morgan fingerprint density at radius 1 is 0.633 bits per heavy atom. The van der Waals surface area contributed by atoms with Gasteiger partial charge in [-0.25, -0.2) is 4.68 Å². The predicted octanol–water partition coefficient (Wildman–Crippen LogP) is 4.79. The summed E-state index contributed by atoms with van der Waals surface area (Å²) < 4.78 is 34.8. The zero-order valence-electron chi connectivity index (χ0n) is 43.8. The summed E-state index contributed by atoms with van der Waals surface area (Å²) in [7, 11) is 0. The number of carbonyl (C=O) groups excluding carboxylic acids is 6. The average molecular weight is 1130 g/mol. The standard InChI is InChI=1S/C55H66Cl2N10O12/c56-44-37-45(57)43(36-42(44)46-8-4-5-17-58-46)53(71)62-49-38-48(64-67(49)41-6-2-1-3-7-41)54(72)60-19-27-76-26-18-59-50(68)15-24-74-28-30-77-32-34-79-35-33-78-31-29-75-25-16-52(70)66-22-20-65(21-23-66)40-11-9-39(10-12-40)61-47-13-14-51(69)63-55(47)73/h1-12,17,36-38,47,61H,13-16,18-35H2,(H,59,68)(H,60,72)(H,62,71)(H,63,69,73). The maximum atomic E-state index is 13.6. The number of rotatable bonds is 32. The minimum Gasteiger partial charge on any atom is -0.379 e. The molecule has 2 fully saturated rings. The minimum atomic E-state index is -0.543. The molecule has 0 aliphatic carbocycles. The van der Waals surface area contributed by atoms with Crippen LogP contribution >= 0.6 is 23.2 Å². The summed E-state index contributed by atoms with van der Waals surface area (Å²) in [5.74, 6) is -1.47. The van der Waals surface area contributed by atoms with E-state index in [1.807, 2.05) is 41.3 Å². The number of piperidine rings is 1. The van der Waals surface area contributed by atoms with E-state index < -0.39 is 17.9 Å². The van der Waals surface area contributed by atoms with E-state index in [0.29, 0.717) is 127 Å². The highest BCUT2D eigenvalue weighted by Gasteiger charge is 2.27. The molecule has 2 saturated heterocycles. The summed E-state index contributed by atoms with van der Waals surface area (Å²) in [5.41, 5.74) is 3.77. The van der Waals surface area contributed by atoms with Crippen LogP contribution in [0.4, 0.5) is 17.2 Å². The molecule has 1 atom stereocenters. The van der Waals surface area contributed by atoms with Gasteiger partial charge < -0.3 is 59.5 Å². The fraction of sp³-hybridized carbons (Fsp3) is 0.418. The zero-order chi connectivity index (χ0) is 55.6. The van der Waals surface area contributed by atoms with E-state index in [-0.39, 0.29) is 85.1 Å². The molecular formula is C55H66Cl2N10O12. The molecule has 22 nitrogen and oxygen atoms in total. The second-order valence-electron chi connectivity index (χ2n) is 18.0. The number of ether oxygens (including phenoxy) is 6. The molecule has 3 aromatic carbocycles. The van der Waals surface area contributed by atoms with Crippen molar-refractivity contribution in [2.24, 2.45) is 0 Å². The Morgan fingerprint density at radius 3 is 1.90 bits per heavy atom. The molecule has 422 valence electrons. The molecular weight excluding hydrogens is 1060 g/mol. The monoisotopic (exact) mass is 1130 g/mol. The molecule has 24 heteroatoms. The number of para-hydroxylation sites is 1. The number of anilines is 3. The van der Waals surface area contributed by atoms with Gasteiger partial charge in [-0.1, -0.05) is 47.5 Å². The van der Waals surface area contributed by atoms with Gasteiger partial charge in [0.25, 0.3) is 11.8 Å². The van der Waals surface area contributed by atoms with Crippen molar-refractivity contribution in [3.8, 4) is 16.9 Å². The van der Waals surface area contributed by atoms with Crippen LogP contribution in [0.1, 0.15) is 46.5 Å². The Kier molecular flexibility index (Phi) is 24.3. The number of carbonyl (C=O) groups is 6. The first-order valence-corrected chi connectivity index (χ1v) is 26.9. The normalized spacial score (nSPS) is 14.4. The smallest absolute Gasteiger partial charge is 0.271 e. The van der Waals surface area contributed by atoms with Crippen LogP contribution < -0.4 is 31.5 Å². The number of imide groups is 1. The van der Waals surface area contributed by atoms with Gasteiger partial charge in [0.15, 0.2) is 5.69 Å². The molecule has 7 rings (SSSR count). The Labute approximate surface area is 468 Å². The summed E-state index contributed by atoms with van der Waals surface area (Å²) in [6.07, 6.45) is 2.88. The van der Waals surface area contributed by atoms with E-state index in [9.17, 15) is 28.8 Å². The molecule has 5 N–H and O–H groups in total. The van der Waals surface area contributed by atoms with Crippen LogP contribution in [0.25, 0.3) is 16.9 Å². The number of halogens is 2. The number of hydrogen-bond donors (Lipinski definition) is 5. The lowest BCUT2D eigenvalue weighted by atomic mass is 10.1. The van der Waals surface area contributed by atoms with Crippen molar-refractivity contribution < 1.29 is 57.2 Å². The van der Waals surface area contributed by atoms with Crippen LogP contribution in [0.5, 0.6) is 0 Å². The Bertz CT molecular complexity index is 2770. The fourth-order valence-corrected chi connectivity index (χ4v) is 8.80. The number of nitrogens with one attached hydrogen (secondary N) is 5. The number of amides is 6. The minimum absolute atomic E-state index is 0.0570. The van der Waals surface area contributed by atoms with Crippen molar-refractivity contribution in [3.63, 3.8) is 0 Å². The third kappa shape index (κ3) is 19.4. The maximum Gasteiger partial charge on any atom is 0.271 e. The average Bonchev–Trinajstić information content (AvgIpc) is 3.95. The SMILES string of the molecule is O=C(CCOCCOCCOCCOCCOCCC(=O)N1CCN(c2ccc(NC3CCC(=O)NC3=O)cc2)CC1)NCCOCCNC(=O)c1cc(NC(=O)c2cc(-c3ccccn3)c(Cl)cc2Cl)n(-c2ccccc2)n1. The number of nitrogens with zero attached hydrogens (tertiary/aromatic N) is 5. The van der Waals surface area contributed by atoms with Crippen molar-refractivity contribution in [2.75, 3.05) is 134 Å². The first-order chi connectivity index (χ1) is 38.5. The largest absolute Gasteiger partial charge is 0.379 e. The first-order valence-electron chi connectivity index (χ1n) is 26.1. The molecule has 0 radical (unpaired) electrons. The molecule has 0 saturated carbocycles. The molecule has 1 unspecified atom stereocenters. The number of pyridine rings is 1. The van der Waals surface area contributed by atoms with E-state index >= 15 is 0 Å². The van der Waals surface area contributed by atoms with Gasteiger partial charge >= 0.3 is 0 Å². The van der Waals surface area contributed by atoms with Gasteiger partial charge in [0, 0.05) is 81.3 Å². The van der Waals surface area contributed by atoms with Gasteiger partial charge in [0.2, 0.25) is 23.6 Å². The topological polar surface area (TPSA) is 255 Å². The van der Waals surface area contributed by atoms with E-state index in [0.717, 1.165) is 11.4 Å². The Hall–Kier alpha value is -7.02. The lowest BCUT2D eigenvalue weighted by molar-refractivity contribution is -0.134. The molecule has 2 aromatic heterocycles. The van der Waals surface area contributed by atoms with Crippen LogP contribution in [0.15, 0.2) is 97.2 Å². The van der Waals surface area contributed by atoms with Gasteiger partial charge in [0.1, 0.15) is 11.9 Å². The highest BCUT2D eigenvalue weighted by atomic mass is 35.5. The van der Waals surface area contributed by atoms with Gasteiger partial charge in [-0.3, -0.25) is 39.1 Å². The van der Waals surface area contributed by atoms with Crippen LogP contribution in [0.2, 0.25) is 10.0 Å². The third-order valence-electron chi connectivity index (χ3n) is 12.4. The highest BCUT2D eigenvalue weighted by molar-refractivity contribution is 6.38. The first kappa shape index (κ1) is 59.6. The maximum absolute atomic E-state index is 13.6. The van der Waals surface area contributed by atoms with Gasteiger partial charge in [0.05, 0.1) is 113 Å². The summed E-state index contributed by atoms with van der Waals surface area (Å²) in [6, 6.07) is 26.3. The number of hydrogen-bond acceptors (Lipinski definition) is 16. The molecule has 2 aliphatic heterocycles. The summed E-state index contributed by atoms with van der Waals surface area (Å²) in [6.45, 7) is 7.09. The fourth-order valence-electron chi connectivity index (χ4n) is 8.23. The van der Waals surface area contributed by atoms with Crippen molar-refractivity contribution >= 4 is 75.8 Å². The Balaban J connectivity index is 0.637. The quantitative estimate of drug-likeness (QED) is 0.0287. The van der Waals surface area contributed by atoms with Crippen LogP contribution in [-0.4, -0.2) is 180 Å². The lowest BCUT2D eigenvalue weighted by Crippen LogP contribution is -2.49. The van der Waals surface area contributed by atoms with E-state index in [2.05, 4.69) is 41.6 Å². The third-order valence-corrected chi connectivity index (χ3v) is 13.0. The Morgan fingerprint density at radius 2 is 1.25 bits per heavy atom. The molecule has 0 bridgehead atoms. The van der Waals surface area contributed by atoms with Gasteiger partial charge in [-0.15, -0.1) is 0 Å². The molecule has 6 amide bonds. The molecule has 2 aliphatic rings. The van der Waals surface area contributed by atoms with Crippen molar-refractivity contribution in [1.82, 2.24) is 35.6 Å². The summed E-state index contributed by atoms with van der Waals surface area (Å²) >= 11 is 12.9. The second kappa shape index (κ2) is 32.2. The highest BCUT2D eigenvalue weighted by Crippen LogP contribution is 2.33. The number of piperazine rings is 1. The van der Waals surface area contributed by atoms with Gasteiger partial charge in [-0.05, 0) is 67.1 Å². The molecule has 0 spiro atoms. The summed E-state index contributed by atoms with van der Waals surface area (Å²) in [5, 5.41) is 18.9. The number of aromatic nitrogens is 3. The summed E-state index contributed by atoms with van der Waals surface area (Å²) in [4.78, 5) is 83.6. The van der Waals surface area contributed by atoms with Crippen LogP contribution in [0, 0.1) is 0 Å². The van der Waals surface area contributed by atoms with E-state index in [4.69, 9.17) is 51.6 Å². The zero-order valence-corrected chi connectivity index (χ0v) is 45.3. The molecule has 4 heterocycles. The lowest BCUT2D eigenvalue weighted by Gasteiger charge is -2.36. The van der Waals surface area contributed by atoms with Crippen molar-refractivity contribution in [1.29, 1.82) is 0 Å². The van der Waals surface area contributed by atoms with Crippen LogP contribution in [0.3, 0.4) is 0 Å². The number of benzene rings is 3. The predicted molar refractivity (Wildman–Crippen MR) is 296 cm³/mol. The van der Waals surface area contributed by atoms with E-state index in [1.165, 1.54) is 16.8 Å². The van der Waals surface area contributed by atoms with Gasteiger partial charge in [-0.2, -0.15) is 5.10 Å². The molecule has 5 aromatic rings. The molecule has 79 heavy (non-hydrogen) atoms. The van der Waals surface area contributed by atoms with Crippen LogP contribution in [-0.2, 0) is 47.6 Å². The van der Waals surface area contributed by atoms with E-state index in [1.54, 1.807) is 48.7 Å². The van der Waals surface area contributed by atoms with Crippen molar-refractivity contribution in [2.45, 2.75) is 31.7 Å². The van der Waals surface area contributed by atoms with Crippen molar-refractivity contribution in [3.05, 3.63) is 118 Å².